The summed E-state index contributed by atoms with van der Waals surface area (Å²) < 4.78 is 32.2. The second-order valence-electron chi connectivity index (χ2n) is 10.9. The van der Waals surface area contributed by atoms with E-state index in [2.05, 4.69) is 109 Å². The molecule has 0 radical (unpaired) electrons. The van der Waals surface area contributed by atoms with Gasteiger partial charge < -0.3 is 4.42 Å². The van der Waals surface area contributed by atoms with Gasteiger partial charge in [0.1, 0.15) is 11.2 Å². The van der Waals surface area contributed by atoms with Crippen LogP contribution in [0.4, 0.5) is 0 Å². The summed E-state index contributed by atoms with van der Waals surface area (Å²) in [5, 5.41) is 8.86. The van der Waals surface area contributed by atoms with Crippen LogP contribution in [0.3, 0.4) is 0 Å². The Morgan fingerprint density at radius 2 is 0.977 bits per heavy atom. The molecule has 0 aliphatic carbocycles. The zero-order chi connectivity index (χ0) is 30.9. The molecule has 1 aromatic heterocycles. The summed E-state index contributed by atoms with van der Waals surface area (Å²) >= 11 is 0. The quantitative estimate of drug-likeness (QED) is 0.200. The van der Waals surface area contributed by atoms with E-state index in [4.69, 9.17) is 8.53 Å². The Morgan fingerprint density at radius 3 is 1.67 bits per heavy atom. The van der Waals surface area contributed by atoms with Gasteiger partial charge in [0, 0.05) is 16.2 Å². The highest BCUT2D eigenvalue weighted by atomic mass is 16.3. The van der Waals surface area contributed by atoms with Crippen LogP contribution >= 0.6 is 0 Å². The highest BCUT2D eigenvalue weighted by Crippen LogP contribution is 2.48. The average Bonchev–Trinajstić information content (AvgIpc) is 3.47. The zero-order valence-corrected chi connectivity index (χ0v) is 23.2. The number of hydrogen-bond donors (Lipinski definition) is 0. The monoisotopic (exact) mass is 549 g/mol. The van der Waals surface area contributed by atoms with E-state index < -0.39 is 0 Å². The first-order chi connectivity index (χ1) is 22.6. The molecular formula is C42H26O. The van der Waals surface area contributed by atoms with Crippen LogP contribution in [0.25, 0.3) is 87.6 Å². The van der Waals surface area contributed by atoms with E-state index in [1.165, 1.54) is 12.1 Å². The Kier molecular flexibility index (Phi) is 4.63. The molecule has 0 saturated heterocycles. The second-order valence-corrected chi connectivity index (χ2v) is 10.9. The largest absolute Gasteiger partial charge is 0.455 e. The van der Waals surface area contributed by atoms with Crippen molar-refractivity contribution in [3.8, 4) is 33.4 Å². The van der Waals surface area contributed by atoms with E-state index in [9.17, 15) is 0 Å². The van der Waals surface area contributed by atoms with Gasteiger partial charge in [0.2, 0.25) is 0 Å². The van der Waals surface area contributed by atoms with Gasteiger partial charge in [-0.15, -0.1) is 0 Å². The SMILES string of the molecule is [2H]c1cc([2H])c(-c2ccccc2-c2c3ccccc3c(-c3cccc4oc5c6ccccc6ccc5c34)c3ccccc23)c([2H])c1. The molecule has 0 amide bonds. The van der Waals surface area contributed by atoms with E-state index >= 15 is 0 Å². The number of fused-ring (bicyclic) bond motifs is 7. The van der Waals surface area contributed by atoms with Crippen molar-refractivity contribution in [2.75, 3.05) is 0 Å². The molecular weight excluding hydrogens is 520 g/mol. The van der Waals surface area contributed by atoms with Crippen LogP contribution in [0.15, 0.2) is 162 Å². The van der Waals surface area contributed by atoms with Gasteiger partial charge in [0.05, 0.1) is 4.11 Å². The van der Waals surface area contributed by atoms with Crippen LogP contribution in [0, 0.1) is 0 Å². The Labute approximate surface area is 253 Å². The summed E-state index contributed by atoms with van der Waals surface area (Å²) in [5.41, 5.74) is 7.39. The van der Waals surface area contributed by atoms with E-state index in [1.807, 2.05) is 18.2 Å². The van der Waals surface area contributed by atoms with Gasteiger partial charge in [-0.25, -0.2) is 0 Å². The number of hydrogen-bond acceptors (Lipinski definition) is 1. The van der Waals surface area contributed by atoms with Gasteiger partial charge in [-0.1, -0.05) is 146 Å². The van der Waals surface area contributed by atoms with Crippen LogP contribution < -0.4 is 0 Å². The summed E-state index contributed by atoms with van der Waals surface area (Å²) in [6, 6.07) is 47.8. The molecule has 0 bridgehead atoms. The predicted octanol–water partition coefficient (Wildman–Crippen LogP) is 12.0. The van der Waals surface area contributed by atoms with Crippen LogP contribution in [0.2, 0.25) is 0 Å². The van der Waals surface area contributed by atoms with Gasteiger partial charge in [0.25, 0.3) is 0 Å². The minimum atomic E-state index is 0.172. The molecule has 0 saturated carbocycles. The van der Waals surface area contributed by atoms with Crippen molar-refractivity contribution in [3.63, 3.8) is 0 Å². The lowest BCUT2D eigenvalue weighted by Crippen LogP contribution is -1.93. The summed E-state index contributed by atoms with van der Waals surface area (Å²) in [7, 11) is 0. The molecule has 0 spiro atoms. The molecule has 0 aliphatic heterocycles. The number of benzene rings is 8. The summed E-state index contributed by atoms with van der Waals surface area (Å²) in [6.07, 6.45) is 0. The van der Waals surface area contributed by atoms with E-state index in [-0.39, 0.29) is 18.1 Å². The lowest BCUT2D eigenvalue weighted by atomic mass is 9.83. The molecule has 1 nitrogen and oxygen atoms in total. The first-order valence-corrected chi connectivity index (χ1v) is 14.5. The molecule has 8 aromatic carbocycles. The molecule has 1 heteroatoms. The average molecular weight is 550 g/mol. The maximum atomic E-state index is 8.75. The standard InChI is InChI=1S/C42H26O/c1-2-13-27(14-3-1)29-16-6-7-18-31(29)39-32-19-8-10-21-34(32)40(35-22-11-9-20-33(35)39)36-23-12-24-38-41(36)37-26-25-28-15-4-5-17-30(28)42(37)43-38/h1-26H/i1D,13D,14D. The Balaban J connectivity index is 1.42. The Bertz CT molecular complexity index is 2600. The van der Waals surface area contributed by atoms with Gasteiger partial charge in [0.15, 0.2) is 0 Å². The Morgan fingerprint density at radius 1 is 0.419 bits per heavy atom. The summed E-state index contributed by atoms with van der Waals surface area (Å²) in [5.74, 6) is 0. The van der Waals surface area contributed by atoms with Crippen LogP contribution in [-0.4, -0.2) is 0 Å². The van der Waals surface area contributed by atoms with E-state index in [1.54, 1.807) is 0 Å². The van der Waals surface area contributed by atoms with Gasteiger partial charge in [-0.2, -0.15) is 0 Å². The topological polar surface area (TPSA) is 13.1 Å². The number of rotatable bonds is 3. The molecule has 1 heterocycles. The lowest BCUT2D eigenvalue weighted by molar-refractivity contribution is 0.673. The fourth-order valence-corrected chi connectivity index (χ4v) is 6.86. The van der Waals surface area contributed by atoms with E-state index in [0.717, 1.165) is 82.1 Å². The first kappa shape index (κ1) is 21.1. The molecule has 9 aromatic rings. The molecule has 9 rings (SSSR count). The van der Waals surface area contributed by atoms with Crippen molar-refractivity contribution in [3.05, 3.63) is 158 Å². The molecule has 0 fully saturated rings. The zero-order valence-electron chi connectivity index (χ0n) is 26.2. The van der Waals surface area contributed by atoms with Crippen molar-refractivity contribution >= 4 is 54.3 Å². The second kappa shape index (κ2) is 9.44. The van der Waals surface area contributed by atoms with Crippen molar-refractivity contribution in [2.24, 2.45) is 0 Å². The maximum Gasteiger partial charge on any atom is 0.143 e. The van der Waals surface area contributed by atoms with Gasteiger partial charge in [-0.3, -0.25) is 0 Å². The highest BCUT2D eigenvalue weighted by molar-refractivity contribution is 6.27. The van der Waals surface area contributed by atoms with Gasteiger partial charge >= 0.3 is 0 Å². The minimum absolute atomic E-state index is 0.172. The fraction of sp³-hybridized carbons (Fsp3) is 0. The smallest absolute Gasteiger partial charge is 0.143 e. The summed E-state index contributed by atoms with van der Waals surface area (Å²) in [6.45, 7) is 0. The normalized spacial score (nSPS) is 12.7. The molecule has 0 N–H and O–H groups in total. The summed E-state index contributed by atoms with van der Waals surface area (Å²) in [4.78, 5) is 0. The highest BCUT2D eigenvalue weighted by Gasteiger charge is 2.21. The molecule has 200 valence electrons. The number of furan rings is 1. The third-order valence-corrected chi connectivity index (χ3v) is 8.65. The molecule has 0 aliphatic rings. The third kappa shape index (κ3) is 3.58. The van der Waals surface area contributed by atoms with Gasteiger partial charge in [-0.05, 0) is 72.4 Å². The van der Waals surface area contributed by atoms with Crippen molar-refractivity contribution < 1.29 is 8.53 Å². The molecule has 43 heavy (non-hydrogen) atoms. The van der Waals surface area contributed by atoms with Crippen molar-refractivity contribution in [1.29, 1.82) is 0 Å². The first-order valence-electron chi connectivity index (χ1n) is 16.0. The van der Waals surface area contributed by atoms with Crippen molar-refractivity contribution in [1.82, 2.24) is 0 Å². The molecule has 0 atom stereocenters. The molecule has 0 unspecified atom stereocenters. The fourth-order valence-electron chi connectivity index (χ4n) is 6.86. The minimum Gasteiger partial charge on any atom is -0.455 e. The lowest BCUT2D eigenvalue weighted by Gasteiger charge is -2.20. The predicted molar refractivity (Wildman–Crippen MR) is 183 cm³/mol. The maximum absolute atomic E-state index is 8.75. The van der Waals surface area contributed by atoms with Crippen molar-refractivity contribution in [2.45, 2.75) is 0 Å². The van der Waals surface area contributed by atoms with Crippen LogP contribution in [-0.2, 0) is 0 Å². The van der Waals surface area contributed by atoms with Crippen LogP contribution in [0.1, 0.15) is 4.11 Å². The van der Waals surface area contributed by atoms with E-state index in [0.29, 0.717) is 5.56 Å². The third-order valence-electron chi connectivity index (χ3n) is 8.65. The Hall–Kier alpha value is -5.66. The van der Waals surface area contributed by atoms with Crippen LogP contribution in [0.5, 0.6) is 0 Å².